The zero-order valence-electron chi connectivity index (χ0n) is 12.3. The molecule has 1 heterocycles. The van der Waals surface area contributed by atoms with Crippen molar-refractivity contribution in [3.63, 3.8) is 0 Å². The van der Waals surface area contributed by atoms with E-state index in [2.05, 4.69) is 21.2 Å². The number of halogens is 1. The molecule has 2 rings (SSSR count). The maximum Gasteiger partial charge on any atom is 0.317 e. The van der Waals surface area contributed by atoms with E-state index in [9.17, 15) is 9.59 Å². The van der Waals surface area contributed by atoms with Crippen LogP contribution in [0.5, 0.6) is 5.75 Å². The van der Waals surface area contributed by atoms with Gasteiger partial charge in [0.15, 0.2) is 0 Å². The molecule has 6 nitrogen and oxygen atoms in total. The molecule has 0 radical (unpaired) electrons. The van der Waals surface area contributed by atoms with E-state index in [1.54, 1.807) is 0 Å². The number of carbonyl (C=O) groups excluding carboxylic acids is 1. The van der Waals surface area contributed by atoms with Crippen LogP contribution < -0.4 is 10.1 Å². The second kappa shape index (κ2) is 7.49. The van der Waals surface area contributed by atoms with Gasteiger partial charge in [0.2, 0.25) is 0 Å². The quantitative estimate of drug-likeness (QED) is 0.833. The first-order chi connectivity index (χ1) is 10.5. The van der Waals surface area contributed by atoms with Crippen molar-refractivity contribution < 1.29 is 19.4 Å². The van der Waals surface area contributed by atoms with Crippen LogP contribution in [0.2, 0.25) is 0 Å². The van der Waals surface area contributed by atoms with Gasteiger partial charge in [0.05, 0.1) is 16.9 Å². The Morgan fingerprint density at radius 3 is 2.86 bits per heavy atom. The van der Waals surface area contributed by atoms with Crippen LogP contribution in [0.4, 0.5) is 4.79 Å². The van der Waals surface area contributed by atoms with Crippen LogP contribution in [0.25, 0.3) is 0 Å². The van der Waals surface area contributed by atoms with Crippen molar-refractivity contribution in [3.05, 3.63) is 28.7 Å². The van der Waals surface area contributed by atoms with Gasteiger partial charge in [0.1, 0.15) is 11.9 Å². The van der Waals surface area contributed by atoms with E-state index in [4.69, 9.17) is 9.84 Å². The molecule has 0 bridgehead atoms. The van der Waals surface area contributed by atoms with Crippen molar-refractivity contribution >= 4 is 27.9 Å². The number of likely N-dealkylation sites (tertiary alicyclic amines) is 1. The van der Waals surface area contributed by atoms with Gasteiger partial charge in [-0.25, -0.2) is 4.79 Å². The number of aliphatic carboxylic acids is 1. The van der Waals surface area contributed by atoms with Gasteiger partial charge in [-0.15, -0.1) is 0 Å². The van der Waals surface area contributed by atoms with Crippen molar-refractivity contribution in [3.8, 4) is 5.75 Å². The highest BCUT2D eigenvalue weighted by Crippen LogP contribution is 2.24. The van der Waals surface area contributed by atoms with Gasteiger partial charge in [0.25, 0.3) is 0 Å². The number of carboxylic acids is 1. The average molecular weight is 371 g/mol. The molecular formula is C15H19BrN2O4. The van der Waals surface area contributed by atoms with E-state index in [0.717, 1.165) is 10.2 Å². The molecule has 1 saturated heterocycles. The number of nitrogens with zero attached hydrogens (tertiary/aromatic N) is 1. The Balaban J connectivity index is 1.77. The fourth-order valence-corrected chi connectivity index (χ4v) is 2.67. The summed E-state index contributed by atoms with van der Waals surface area (Å²) in [6.45, 7) is 2.96. The highest BCUT2D eigenvalue weighted by molar-refractivity contribution is 9.10. The maximum atomic E-state index is 12.0. The van der Waals surface area contributed by atoms with E-state index < -0.39 is 11.9 Å². The molecule has 2 N–H and O–H groups in total. The number of nitrogens with one attached hydrogen (secondary N) is 1. The summed E-state index contributed by atoms with van der Waals surface area (Å²) >= 11 is 3.40. The summed E-state index contributed by atoms with van der Waals surface area (Å²) in [5.41, 5.74) is 0. The molecule has 1 aromatic rings. The smallest absolute Gasteiger partial charge is 0.317 e. The second-order valence-electron chi connectivity index (χ2n) is 5.31. The average Bonchev–Trinajstić information content (AvgIpc) is 2.97. The molecule has 120 valence electrons. The third-order valence-electron chi connectivity index (χ3n) is 3.53. The lowest BCUT2D eigenvalue weighted by Crippen LogP contribution is -2.42. The minimum atomic E-state index is -0.846. The first-order valence-corrected chi connectivity index (χ1v) is 7.93. The summed E-state index contributed by atoms with van der Waals surface area (Å²) < 4.78 is 6.60. The Bertz CT molecular complexity index is 552. The van der Waals surface area contributed by atoms with Crippen molar-refractivity contribution in [2.45, 2.75) is 19.4 Å². The normalized spacial score (nSPS) is 18.8. The lowest BCUT2D eigenvalue weighted by Gasteiger charge is -2.20. The molecule has 1 aromatic carbocycles. The number of amides is 2. The molecule has 0 aliphatic carbocycles. The number of rotatable bonds is 5. The van der Waals surface area contributed by atoms with Gasteiger partial charge in [-0.3, -0.25) is 4.79 Å². The van der Waals surface area contributed by atoms with Gasteiger partial charge < -0.3 is 20.1 Å². The molecule has 0 aromatic heterocycles. The number of para-hydroxylation sites is 1. The van der Waals surface area contributed by atoms with Crippen LogP contribution >= 0.6 is 15.9 Å². The zero-order chi connectivity index (χ0) is 16.1. The molecule has 2 amide bonds. The number of benzene rings is 1. The van der Waals surface area contributed by atoms with E-state index in [-0.39, 0.29) is 18.7 Å². The third-order valence-corrected chi connectivity index (χ3v) is 4.19. The summed E-state index contributed by atoms with van der Waals surface area (Å²) in [6, 6.07) is 7.26. The van der Waals surface area contributed by atoms with Crippen molar-refractivity contribution in [2.75, 3.05) is 19.6 Å². The fraction of sp³-hybridized carbons (Fsp3) is 0.467. The number of hydrogen-bond donors (Lipinski definition) is 2. The van der Waals surface area contributed by atoms with Crippen molar-refractivity contribution in [1.82, 2.24) is 10.2 Å². The number of ether oxygens (including phenoxy) is 1. The van der Waals surface area contributed by atoms with Crippen LogP contribution in [0.1, 0.15) is 13.3 Å². The van der Waals surface area contributed by atoms with Gasteiger partial charge in [-0.1, -0.05) is 12.1 Å². The first kappa shape index (κ1) is 16.6. The van der Waals surface area contributed by atoms with Gasteiger partial charge in [-0.05, 0) is 41.4 Å². The van der Waals surface area contributed by atoms with E-state index in [0.29, 0.717) is 19.5 Å². The van der Waals surface area contributed by atoms with Crippen molar-refractivity contribution in [1.29, 1.82) is 0 Å². The number of carbonyl (C=O) groups is 2. The molecule has 0 saturated carbocycles. The largest absolute Gasteiger partial charge is 0.488 e. The summed E-state index contributed by atoms with van der Waals surface area (Å²) in [5.74, 6) is -0.586. The van der Waals surface area contributed by atoms with Gasteiger partial charge in [-0.2, -0.15) is 0 Å². The standard InChI is InChI=1S/C15H19BrN2O4/c1-10(22-13-5-3-2-4-12(13)16)8-17-15(21)18-7-6-11(9-18)14(19)20/h2-5,10-11H,6-9H2,1H3,(H,17,21)(H,19,20). The predicted molar refractivity (Wildman–Crippen MR) is 84.9 cm³/mol. The molecule has 2 unspecified atom stereocenters. The van der Waals surface area contributed by atoms with Gasteiger partial charge >= 0.3 is 12.0 Å². The van der Waals surface area contributed by atoms with E-state index in [1.807, 2.05) is 31.2 Å². The summed E-state index contributed by atoms with van der Waals surface area (Å²) in [6.07, 6.45) is 0.312. The molecule has 22 heavy (non-hydrogen) atoms. The van der Waals surface area contributed by atoms with E-state index in [1.165, 1.54) is 4.90 Å². The SMILES string of the molecule is CC(CNC(=O)N1CCC(C(=O)O)C1)Oc1ccccc1Br. The third kappa shape index (κ3) is 4.37. The second-order valence-corrected chi connectivity index (χ2v) is 6.17. The van der Waals surface area contributed by atoms with Crippen molar-refractivity contribution in [2.24, 2.45) is 5.92 Å². The molecule has 1 fully saturated rings. The monoisotopic (exact) mass is 370 g/mol. The van der Waals surface area contributed by atoms with Crippen LogP contribution in [-0.2, 0) is 4.79 Å². The predicted octanol–water partition coefficient (Wildman–Crippen LogP) is 2.33. The topological polar surface area (TPSA) is 78.9 Å². The highest BCUT2D eigenvalue weighted by Gasteiger charge is 2.30. The number of hydrogen-bond acceptors (Lipinski definition) is 3. The fourth-order valence-electron chi connectivity index (χ4n) is 2.29. The van der Waals surface area contributed by atoms with E-state index >= 15 is 0 Å². The lowest BCUT2D eigenvalue weighted by molar-refractivity contribution is -0.141. The van der Waals surface area contributed by atoms with Crippen LogP contribution in [-0.4, -0.2) is 47.7 Å². The first-order valence-electron chi connectivity index (χ1n) is 7.14. The summed E-state index contributed by atoms with van der Waals surface area (Å²) in [4.78, 5) is 24.4. The van der Waals surface area contributed by atoms with Crippen LogP contribution in [0, 0.1) is 5.92 Å². The van der Waals surface area contributed by atoms with Gasteiger partial charge in [0, 0.05) is 13.1 Å². The molecule has 7 heteroatoms. The Kier molecular flexibility index (Phi) is 5.65. The lowest BCUT2D eigenvalue weighted by atomic mass is 10.1. The maximum absolute atomic E-state index is 12.0. The summed E-state index contributed by atoms with van der Waals surface area (Å²) in [5, 5.41) is 11.7. The minimum Gasteiger partial charge on any atom is -0.488 e. The molecular weight excluding hydrogens is 352 g/mol. The molecule has 1 aliphatic rings. The minimum absolute atomic E-state index is 0.194. The van der Waals surface area contributed by atoms with Crippen LogP contribution in [0.15, 0.2) is 28.7 Å². The molecule has 0 spiro atoms. The summed E-state index contributed by atoms with van der Waals surface area (Å²) in [7, 11) is 0. The Morgan fingerprint density at radius 2 is 2.23 bits per heavy atom. The number of carboxylic acid groups (broad SMARTS) is 1. The molecule has 1 aliphatic heterocycles. The Labute approximate surface area is 137 Å². The zero-order valence-corrected chi connectivity index (χ0v) is 13.9. The van der Waals surface area contributed by atoms with Crippen LogP contribution in [0.3, 0.4) is 0 Å². The Hall–Kier alpha value is -1.76. The number of urea groups is 1. The Morgan fingerprint density at radius 1 is 1.50 bits per heavy atom. The molecule has 2 atom stereocenters. The highest BCUT2D eigenvalue weighted by atomic mass is 79.9.